The Bertz CT molecular complexity index is 1230. The molecule has 0 unspecified atom stereocenters. The molecule has 1 amide bonds. The van der Waals surface area contributed by atoms with Crippen LogP contribution >= 0.6 is 11.3 Å². The van der Waals surface area contributed by atoms with Gasteiger partial charge in [0.1, 0.15) is 10.6 Å². The van der Waals surface area contributed by atoms with Gasteiger partial charge in [0.15, 0.2) is 5.13 Å². The van der Waals surface area contributed by atoms with Gasteiger partial charge in [0.2, 0.25) is 10.0 Å². The molecule has 0 radical (unpaired) electrons. The average Bonchev–Trinajstić information content (AvgIpc) is 3.42. The lowest BCUT2D eigenvalue weighted by atomic mass is 10.2. The summed E-state index contributed by atoms with van der Waals surface area (Å²) in [6.07, 6.45) is 2.37. The highest BCUT2D eigenvalue weighted by molar-refractivity contribution is 7.89. The third kappa shape index (κ3) is 4.23. The molecule has 0 atom stereocenters. The van der Waals surface area contributed by atoms with Crippen molar-refractivity contribution in [3.63, 3.8) is 0 Å². The maximum Gasteiger partial charge on any atom is 0.255 e. The second-order valence-corrected chi connectivity index (χ2v) is 10.6. The van der Waals surface area contributed by atoms with Gasteiger partial charge >= 0.3 is 0 Å². The zero-order valence-corrected chi connectivity index (χ0v) is 19.2. The first kappa shape index (κ1) is 21.5. The number of amides is 1. The molecule has 10 heteroatoms. The van der Waals surface area contributed by atoms with Gasteiger partial charge in [0.05, 0.1) is 17.3 Å². The standard InChI is InChI=1S/C21H24N4O4S2/c1-24(2)31(27,28)19-12-14(6-9-17(19)29-3)20(26)22-15-7-8-16-18(13-15)30-21(23-16)25-10-4-5-11-25/h6-9,12-13H,4-5,10-11H2,1-3H3,(H,22,26). The van der Waals surface area contributed by atoms with Crippen LogP contribution in [0.15, 0.2) is 41.3 Å². The number of rotatable bonds is 6. The Balaban J connectivity index is 1.59. The first-order chi connectivity index (χ1) is 14.8. The Morgan fingerprint density at radius 2 is 1.90 bits per heavy atom. The van der Waals surface area contributed by atoms with Gasteiger partial charge in [-0.15, -0.1) is 0 Å². The molecule has 0 saturated carbocycles. The SMILES string of the molecule is COc1ccc(C(=O)Nc2ccc3nc(N4CCCC4)sc3c2)cc1S(=O)(=O)N(C)C. The minimum Gasteiger partial charge on any atom is -0.495 e. The number of carbonyl (C=O) groups excluding carboxylic acids is 1. The van der Waals surface area contributed by atoms with Crippen LogP contribution in [-0.2, 0) is 10.0 Å². The Morgan fingerprint density at radius 3 is 2.58 bits per heavy atom. The summed E-state index contributed by atoms with van der Waals surface area (Å²) in [5, 5.41) is 3.86. The van der Waals surface area contributed by atoms with Gasteiger partial charge in [-0.1, -0.05) is 11.3 Å². The normalized spacial score (nSPS) is 14.4. The number of anilines is 2. The van der Waals surface area contributed by atoms with Crippen LogP contribution in [0.5, 0.6) is 5.75 Å². The predicted molar refractivity (Wildman–Crippen MR) is 123 cm³/mol. The molecule has 1 fully saturated rings. The second kappa shape index (κ2) is 8.45. The Hall–Kier alpha value is -2.69. The summed E-state index contributed by atoms with van der Waals surface area (Å²) in [5.41, 5.74) is 1.75. The van der Waals surface area contributed by atoms with Gasteiger partial charge in [0, 0.05) is 38.4 Å². The van der Waals surface area contributed by atoms with Gasteiger partial charge in [-0.3, -0.25) is 4.79 Å². The van der Waals surface area contributed by atoms with Crippen LogP contribution in [0, 0.1) is 0 Å². The number of aromatic nitrogens is 1. The van der Waals surface area contributed by atoms with Crippen molar-refractivity contribution < 1.29 is 17.9 Å². The minimum absolute atomic E-state index is 0.0548. The Kier molecular flexibility index (Phi) is 5.87. The molecule has 1 N–H and O–H groups in total. The fourth-order valence-corrected chi connectivity index (χ4v) is 5.58. The molecule has 0 spiro atoms. The van der Waals surface area contributed by atoms with Crippen molar-refractivity contribution >= 4 is 48.3 Å². The van der Waals surface area contributed by atoms with Gasteiger partial charge < -0.3 is 15.0 Å². The van der Waals surface area contributed by atoms with Gasteiger partial charge in [-0.25, -0.2) is 17.7 Å². The van der Waals surface area contributed by atoms with Gasteiger partial charge in [-0.2, -0.15) is 0 Å². The first-order valence-electron chi connectivity index (χ1n) is 9.87. The molecule has 164 valence electrons. The van der Waals surface area contributed by atoms with Crippen LogP contribution in [-0.4, -0.2) is 57.9 Å². The van der Waals surface area contributed by atoms with E-state index in [1.807, 2.05) is 12.1 Å². The molecule has 0 bridgehead atoms. The molecule has 8 nitrogen and oxygen atoms in total. The molecule has 1 aromatic heterocycles. The van der Waals surface area contributed by atoms with Crippen LogP contribution in [0.1, 0.15) is 23.2 Å². The summed E-state index contributed by atoms with van der Waals surface area (Å²) in [5.74, 6) is -0.215. The van der Waals surface area contributed by atoms with E-state index in [-0.39, 0.29) is 16.2 Å². The minimum atomic E-state index is -3.77. The third-order valence-electron chi connectivity index (χ3n) is 5.20. The van der Waals surface area contributed by atoms with E-state index in [2.05, 4.69) is 10.2 Å². The number of ether oxygens (including phenoxy) is 1. The van der Waals surface area contributed by atoms with Gasteiger partial charge in [-0.05, 0) is 49.2 Å². The first-order valence-corrected chi connectivity index (χ1v) is 12.1. The van der Waals surface area contributed by atoms with Crippen molar-refractivity contribution in [3.8, 4) is 5.75 Å². The number of sulfonamides is 1. The van der Waals surface area contributed by atoms with Crippen LogP contribution < -0.4 is 15.0 Å². The van der Waals surface area contributed by atoms with E-state index in [0.717, 1.165) is 32.7 Å². The molecule has 4 rings (SSSR count). The smallest absolute Gasteiger partial charge is 0.255 e. The zero-order valence-electron chi connectivity index (χ0n) is 17.6. The van der Waals surface area contributed by atoms with Gasteiger partial charge in [0.25, 0.3) is 5.91 Å². The van der Waals surface area contributed by atoms with E-state index in [9.17, 15) is 13.2 Å². The molecule has 1 aliphatic rings. The van der Waals surface area contributed by atoms with E-state index >= 15 is 0 Å². The van der Waals surface area contributed by atoms with Crippen LogP contribution in [0.25, 0.3) is 10.2 Å². The summed E-state index contributed by atoms with van der Waals surface area (Å²) in [4.78, 5) is 19.8. The van der Waals surface area contributed by atoms with Crippen molar-refractivity contribution in [2.45, 2.75) is 17.7 Å². The predicted octanol–water partition coefficient (Wildman–Crippen LogP) is 3.41. The second-order valence-electron chi connectivity index (χ2n) is 7.48. The topological polar surface area (TPSA) is 91.8 Å². The fourth-order valence-electron chi connectivity index (χ4n) is 3.45. The molecule has 1 saturated heterocycles. The number of nitrogens with one attached hydrogen (secondary N) is 1. The van der Waals surface area contributed by atoms with Crippen LogP contribution in [0.4, 0.5) is 10.8 Å². The number of hydrogen-bond donors (Lipinski definition) is 1. The number of methoxy groups -OCH3 is 1. The summed E-state index contributed by atoms with van der Waals surface area (Å²) >= 11 is 1.61. The maximum absolute atomic E-state index is 12.8. The van der Waals surface area contributed by atoms with E-state index in [0.29, 0.717) is 5.69 Å². The summed E-state index contributed by atoms with van der Waals surface area (Å²) in [7, 11) is 0.493. The number of carbonyl (C=O) groups is 1. The third-order valence-corrected chi connectivity index (χ3v) is 8.11. The van der Waals surface area contributed by atoms with E-state index in [4.69, 9.17) is 9.72 Å². The number of thiazole rings is 1. The summed E-state index contributed by atoms with van der Waals surface area (Å²) in [6, 6.07) is 9.94. The average molecular weight is 461 g/mol. The molecular weight excluding hydrogens is 436 g/mol. The lowest BCUT2D eigenvalue weighted by Crippen LogP contribution is -2.23. The van der Waals surface area contributed by atoms with Crippen LogP contribution in [0.2, 0.25) is 0 Å². The van der Waals surface area contributed by atoms with Crippen molar-refractivity contribution in [3.05, 3.63) is 42.0 Å². The lowest BCUT2D eigenvalue weighted by molar-refractivity contribution is 0.102. The highest BCUT2D eigenvalue weighted by atomic mass is 32.2. The number of nitrogens with zero attached hydrogens (tertiary/aromatic N) is 3. The Morgan fingerprint density at radius 1 is 1.16 bits per heavy atom. The quantitative estimate of drug-likeness (QED) is 0.606. The van der Waals surface area contributed by atoms with E-state index in [1.54, 1.807) is 23.5 Å². The lowest BCUT2D eigenvalue weighted by Gasteiger charge is -2.15. The molecule has 3 aromatic rings. The number of benzene rings is 2. The van der Waals surface area contributed by atoms with Crippen molar-refractivity contribution in [1.29, 1.82) is 0 Å². The highest BCUT2D eigenvalue weighted by Gasteiger charge is 2.24. The summed E-state index contributed by atoms with van der Waals surface area (Å²) < 4.78 is 32.5. The van der Waals surface area contributed by atoms with Crippen LogP contribution in [0.3, 0.4) is 0 Å². The van der Waals surface area contributed by atoms with E-state index in [1.165, 1.54) is 46.2 Å². The van der Waals surface area contributed by atoms with Crippen molar-refractivity contribution in [1.82, 2.24) is 9.29 Å². The highest BCUT2D eigenvalue weighted by Crippen LogP contribution is 2.33. The summed E-state index contributed by atoms with van der Waals surface area (Å²) in [6.45, 7) is 2.05. The number of fused-ring (bicyclic) bond motifs is 1. The maximum atomic E-state index is 12.8. The largest absolute Gasteiger partial charge is 0.495 e. The number of hydrogen-bond acceptors (Lipinski definition) is 7. The Labute approximate surface area is 185 Å². The van der Waals surface area contributed by atoms with E-state index < -0.39 is 15.9 Å². The molecule has 2 heterocycles. The molecule has 31 heavy (non-hydrogen) atoms. The van der Waals surface area contributed by atoms with Crippen molar-refractivity contribution in [2.75, 3.05) is 44.5 Å². The fraction of sp³-hybridized carbons (Fsp3) is 0.333. The zero-order chi connectivity index (χ0) is 22.2. The molecule has 0 aliphatic carbocycles. The molecular formula is C21H24N4O4S2. The molecule has 2 aromatic carbocycles. The molecule has 1 aliphatic heterocycles. The van der Waals surface area contributed by atoms with Crippen molar-refractivity contribution in [2.24, 2.45) is 0 Å². The monoisotopic (exact) mass is 460 g/mol.